The highest BCUT2D eigenvalue weighted by Gasteiger charge is 2.31. The van der Waals surface area contributed by atoms with Gasteiger partial charge in [-0.3, -0.25) is 9.82 Å². The Labute approximate surface area is 178 Å². The van der Waals surface area contributed by atoms with Crippen molar-refractivity contribution in [3.63, 3.8) is 0 Å². The zero-order chi connectivity index (χ0) is 22.2. The van der Waals surface area contributed by atoms with E-state index in [9.17, 15) is 26.7 Å². The van der Waals surface area contributed by atoms with Crippen LogP contribution in [0.2, 0.25) is 0 Å². The fourth-order valence-corrected chi connectivity index (χ4v) is 4.79. The van der Waals surface area contributed by atoms with Gasteiger partial charge in [0.15, 0.2) is 5.16 Å². The third-order valence-electron chi connectivity index (χ3n) is 4.30. The standard InChI is InChI=1S/C19H13F3N4O3S2/c20-19(21,22)11-4-3-5-12(8-11)31(28,29)26-15-9-16(30-18-23-10-24-25-18)17(27)14-7-2-1-6-13(14)15/h1-10,26-27H,(H,23,24,25). The molecule has 0 aliphatic heterocycles. The summed E-state index contributed by atoms with van der Waals surface area (Å²) in [6, 6.07) is 11.3. The largest absolute Gasteiger partial charge is 0.506 e. The molecule has 0 amide bonds. The van der Waals surface area contributed by atoms with Crippen molar-refractivity contribution < 1.29 is 26.7 Å². The van der Waals surface area contributed by atoms with Crippen molar-refractivity contribution in [2.75, 3.05) is 4.72 Å². The van der Waals surface area contributed by atoms with Gasteiger partial charge >= 0.3 is 6.18 Å². The lowest BCUT2D eigenvalue weighted by Gasteiger charge is -2.15. The first-order valence-corrected chi connectivity index (χ1v) is 10.9. The lowest BCUT2D eigenvalue weighted by molar-refractivity contribution is -0.137. The summed E-state index contributed by atoms with van der Waals surface area (Å²) in [6.45, 7) is 0. The third-order valence-corrected chi connectivity index (χ3v) is 6.58. The second-order valence-electron chi connectivity index (χ2n) is 6.34. The van der Waals surface area contributed by atoms with Gasteiger partial charge in [-0.05, 0) is 36.0 Å². The number of rotatable bonds is 5. The van der Waals surface area contributed by atoms with Gasteiger partial charge in [-0.2, -0.15) is 18.3 Å². The maximum Gasteiger partial charge on any atom is 0.416 e. The van der Waals surface area contributed by atoms with Gasteiger partial charge < -0.3 is 5.11 Å². The molecule has 4 rings (SSSR count). The molecule has 3 aromatic carbocycles. The van der Waals surface area contributed by atoms with Gasteiger partial charge in [0.2, 0.25) is 0 Å². The minimum absolute atomic E-state index is 0.0906. The van der Waals surface area contributed by atoms with Crippen LogP contribution in [0.5, 0.6) is 5.75 Å². The smallest absolute Gasteiger partial charge is 0.416 e. The van der Waals surface area contributed by atoms with Crippen LogP contribution < -0.4 is 4.72 Å². The highest BCUT2D eigenvalue weighted by Crippen LogP contribution is 2.42. The van der Waals surface area contributed by atoms with Crippen LogP contribution in [0, 0.1) is 0 Å². The van der Waals surface area contributed by atoms with Crippen LogP contribution in [0.15, 0.2) is 75.9 Å². The lowest BCUT2D eigenvalue weighted by Crippen LogP contribution is -2.15. The number of sulfonamides is 1. The van der Waals surface area contributed by atoms with Crippen LogP contribution in [0.3, 0.4) is 0 Å². The monoisotopic (exact) mass is 466 g/mol. The second-order valence-corrected chi connectivity index (χ2v) is 9.05. The molecule has 0 aliphatic carbocycles. The molecule has 0 atom stereocenters. The fraction of sp³-hybridized carbons (Fsp3) is 0.0526. The molecule has 0 saturated heterocycles. The van der Waals surface area contributed by atoms with E-state index < -0.39 is 26.7 Å². The van der Waals surface area contributed by atoms with Gasteiger partial charge in [-0.25, -0.2) is 13.4 Å². The predicted octanol–water partition coefficient (Wildman–Crippen LogP) is 4.63. The maximum atomic E-state index is 13.0. The molecule has 0 saturated carbocycles. The third kappa shape index (κ3) is 4.30. The van der Waals surface area contributed by atoms with Crippen LogP contribution in [0.1, 0.15) is 5.56 Å². The lowest BCUT2D eigenvalue weighted by atomic mass is 10.1. The number of alkyl halides is 3. The Morgan fingerprint density at radius 2 is 1.77 bits per heavy atom. The summed E-state index contributed by atoms with van der Waals surface area (Å²) in [5.41, 5.74) is -0.986. The molecule has 0 unspecified atom stereocenters. The van der Waals surface area contributed by atoms with Crippen LogP contribution in [0.25, 0.3) is 10.8 Å². The number of phenolic OH excluding ortho intramolecular Hbond substituents is 1. The van der Waals surface area contributed by atoms with E-state index >= 15 is 0 Å². The highest BCUT2D eigenvalue weighted by atomic mass is 32.2. The van der Waals surface area contributed by atoms with Crippen LogP contribution in [-0.4, -0.2) is 28.7 Å². The summed E-state index contributed by atoms with van der Waals surface area (Å²) in [4.78, 5) is 3.69. The van der Waals surface area contributed by atoms with Gasteiger partial charge in [0.1, 0.15) is 12.1 Å². The fourth-order valence-electron chi connectivity index (χ4n) is 2.89. The van der Waals surface area contributed by atoms with E-state index in [2.05, 4.69) is 19.9 Å². The Morgan fingerprint density at radius 3 is 2.45 bits per heavy atom. The molecule has 0 spiro atoms. The maximum absolute atomic E-state index is 13.0. The van der Waals surface area contributed by atoms with E-state index in [0.29, 0.717) is 22.0 Å². The number of hydrogen-bond acceptors (Lipinski definition) is 6. The zero-order valence-corrected chi connectivity index (χ0v) is 17.0. The van der Waals surface area contributed by atoms with E-state index in [1.165, 1.54) is 12.4 Å². The van der Waals surface area contributed by atoms with Crippen molar-refractivity contribution >= 4 is 38.2 Å². The molecule has 3 N–H and O–H groups in total. The summed E-state index contributed by atoms with van der Waals surface area (Å²) < 4.78 is 67.1. The van der Waals surface area contributed by atoms with E-state index in [4.69, 9.17) is 0 Å². The molecule has 31 heavy (non-hydrogen) atoms. The summed E-state index contributed by atoms with van der Waals surface area (Å²) in [6.07, 6.45) is -3.41. The Morgan fingerprint density at radius 1 is 1.03 bits per heavy atom. The second kappa shape index (κ2) is 7.78. The minimum Gasteiger partial charge on any atom is -0.506 e. The number of hydrogen-bond donors (Lipinski definition) is 3. The zero-order valence-electron chi connectivity index (χ0n) is 15.4. The van der Waals surface area contributed by atoms with Gasteiger partial charge in [-0.1, -0.05) is 30.3 Å². The molecule has 0 bridgehead atoms. The molecule has 12 heteroatoms. The first kappa shape index (κ1) is 21.0. The molecule has 1 aromatic heterocycles. The molecule has 7 nitrogen and oxygen atoms in total. The number of benzene rings is 3. The van der Waals surface area contributed by atoms with Gasteiger partial charge in [0.25, 0.3) is 10.0 Å². The number of H-pyrrole nitrogens is 1. The Bertz CT molecular complexity index is 1360. The van der Waals surface area contributed by atoms with E-state index in [1.807, 2.05) is 0 Å². The predicted molar refractivity (Wildman–Crippen MR) is 108 cm³/mol. The molecule has 160 valence electrons. The summed E-state index contributed by atoms with van der Waals surface area (Å²) in [5, 5.41) is 18.1. The topological polar surface area (TPSA) is 108 Å². The number of aromatic nitrogens is 3. The van der Waals surface area contributed by atoms with Crippen LogP contribution >= 0.6 is 11.8 Å². The summed E-state index contributed by atoms with van der Waals surface area (Å²) in [5.74, 6) is -0.0981. The van der Waals surface area contributed by atoms with E-state index in [-0.39, 0.29) is 16.3 Å². The number of nitrogens with zero attached hydrogens (tertiary/aromatic N) is 2. The average molecular weight is 466 g/mol. The molecule has 0 fully saturated rings. The Balaban J connectivity index is 1.80. The average Bonchev–Trinajstić information content (AvgIpc) is 3.24. The van der Waals surface area contributed by atoms with Gasteiger partial charge in [0.05, 0.1) is 21.0 Å². The normalized spacial score (nSPS) is 12.2. The molecule has 0 radical (unpaired) electrons. The number of nitrogens with one attached hydrogen (secondary N) is 2. The van der Waals surface area contributed by atoms with Gasteiger partial charge in [0, 0.05) is 10.8 Å². The molecule has 4 aromatic rings. The quantitative estimate of drug-likeness (QED) is 0.370. The van der Waals surface area contributed by atoms with Crippen molar-refractivity contribution in [2.24, 2.45) is 0 Å². The van der Waals surface area contributed by atoms with Gasteiger partial charge in [-0.15, -0.1) is 0 Å². The first-order chi connectivity index (χ1) is 14.6. The number of anilines is 1. The van der Waals surface area contributed by atoms with Crippen molar-refractivity contribution in [2.45, 2.75) is 21.1 Å². The van der Waals surface area contributed by atoms with Crippen molar-refractivity contribution in [3.8, 4) is 5.75 Å². The van der Waals surface area contributed by atoms with Crippen molar-refractivity contribution in [3.05, 3.63) is 66.5 Å². The molecule has 0 aliphatic rings. The molecule has 1 heterocycles. The molecular weight excluding hydrogens is 453 g/mol. The number of phenols is 1. The van der Waals surface area contributed by atoms with E-state index in [1.54, 1.807) is 24.3 Å². The molecular formula is C19H13F3N4O3S2. The van der Waals surface area contributed by atoms with E-state index in [0.717, 1.165) is 30.0 Å². The Hall–Kier alpha value is -3.25. The minimum atomic E-state index is -4.68. The van der Waals surface area contributed by atoms with Crippen LogP contribution in [-0.2, 0) is 16.2 Å². The number of halogens is 3. The number of aromatic amines is 1. The number of aromatic hydroxyl groups is 1. The van der Waals surface area contributed by atoms with Crippen molar-refractivity contribution in [1.29, 1.82) is 0 Å². The summed E-state index contributed by atoms with van der Waals surface area (Å²) in [7, 11) is -4.36. The van der Waals surface area contributed by atoms with Crippen molar-refractivity contribution in [1.82, 2.24) is 15.2 Å². The highest BCUT2D eigenvalue weighted by molar-refractivity contribution is 7.99. The number of fused-ring (bicyclic) bond motifs is 1. The summed E-state index contributed by atoms with van der Waals surface area (Å²) >= 11 is 1.01. The first-order valence-electron chi connectivity index (χ1n) is 8.63. The van der Waals surface area contributed by atoms with Crippen LogP contribution in [0.4, 0.5) is 18.9 Å². The Kier molecular flexibility index (Phi) is 5.27. The SMILES string of the molecule is O=S(=O)(Nc1cc(Sc2ncn[nH]2)c(O)c2ccccc12)c1cccc(C(F)(F)F)c1.